The molecule has 28 heavy (non-hydrogen) atoms. The number of nitrogens with two attached hydrogens (primary N) is 1. The molecule has 3 aromatic heterocycles. The van der Waals surface area contributed by atoms with Crippen molar-refractivity contribution in [3.63, 3.8) is 0 Å². The van der Waals surface area contributed by atoms with E-state index in [4.69, 9.17) is 10.5 Å². The Morgan fingerprint density at radius 2 is 1.93 bits per heavy atom. The molecule has 0 saturated heterocycles. The van der Waals surface area contributed by atoms with Crippen LogP contribution in [-0.2, 0) is 4.74 Å². The van der Waals surface area contributed by atoms with Crippen molar-refractivity contribution in [2.24, 2.45) is 0 Å². The van der Waals surface area contributed by atoms with Gasteiger partial charge < -0.3 is 15.8 Å². The summed E-state index contributed by atoms with van der Waals surface area (Å²) in [6.07, 6.45) is -2.72. The number of methoxy groups -OCH3 is 1. The Morgan fingerprint density at radius 1 is 1.25 bits per heavy atom. The maximum atomic E-state index is 13.0. The Morgan fingerprint density at radius 3 is 2.54 bits per heavy atom. The first-order valence-corrected chi connectivity index (χ1v) is 9.76. The third-order valence-electron chi connectivity index (χ3n) is 4.35. The van der Waals surface area contributed by atoms with Crippen molar-refractivity contribution in [1.29, 1.82) is 0 Å². The number of amides is 1. The number of aromatic nitrogens is 1. The molecule has 0 aliphatic rings. The van der Waals surface area contributed by atoms with E-state index in [2.05, 4.69) is 10.3 Å². The predicted octanol–water partition coefficient (Wildman–Crippen LogP) is 4.84. The fourth-order valence-corrected chi connectivity index (χ4v) is 4.95. The summed E-state index contributed by atoms with van der Waals surface area (Å²) in [6, 6.07) is 1.26. The molecule has 10 heteroatoms. The molecule has 0 radical (unpaired) electrons. The van der Waals surface area contributed by atoms with E-state index in [1.165, 1.54) is 24.5 Å². The van der Waals surface area contributed by atoms with E-state index in [1.807, 2.05) is 6.92 Å². The highest BCUT2D eigenvalue weighted by atomic mass is 32.1. The van der Waals surface area contributed by atoms with Gasteiger partial charge in [0, 0.05) is 10.3 Å². The topological polar surface area (TPSA) is 94.3 Å². The van der Waals surface area contributed by atoms with E-state index in [0.717, 1.165) is 21.8 Å². The number of carbonyl (C=O) groups excluding carboxylic acids is 2. The van der Waals surface area contributed by atoms with E-state index >= 15 is 0 Å². The predicted molar refractivity (Wildman–Crippen MR) is 107 cm³/mol. The Hall–Kier alpha value is -2.59. The van der Waals surface area contributed by atoms with E-state index in [1.54, 1.807) is 13.8 Å². The van der Waals surface area contributed by atoms with Gasteiger partial charge >= 0.3 is 5.97 Å². The molecule has 0 atom stereocenters. The van der Waals surface area contributed by atoms with Crippen molar-refractivity contribution < 1.29 is 23.1 Å². The molecule has 0 aliphatic heterocycles. The number of rotatable bonds is 4. The van der Waals surface area contributed by atoms with Gasteiger partial charge in [-0.05, 0) is 38.0 Å². The third kappa shape index (κ3) is 3.33. The average molecular weight is 425 g/mol. The van der Waals surface area contributed by atoms with Crippen LogP contribution in [0, 0.1) is 20.8 Å². The second-order valence-corrected chi connectivity index (χ2v) is 8.35. The summed E-state index contributed by atoms with van der Waals surface area (Å²) in [4.78, 5) is 30.1. The van der Waals surface area contributed by atoms with Crippen LogP contribution in [0.3, 0.4) is 0 Å². The molecule has 148 valence electrons. The lowest BCUT2D eigenvalue weighted by atomic mass is 10.1. The van der Waals surface area contributed by atoms with Crippen molar-refractivity contribution in [3.05, 3.63) is 38.2 Å². The molecule has 0 bridgehead atoms. The molecular weight excluding hydrogens is 408 g/mol. The Kier molecular flexibility index (Phi) is 5.35. The molecule has 0 aromatic carbocycles. The fourth-order valence-electron chi connectivity index (χ4n) is 2.84. The molecule has 0 aliphatic carbocycles. The van der Waals surface area contributed by atoms with E-state index in [0.29, 0.717) is 16.0 Å². The number of nitrogens with one attached hydrogen (secondary N) is 1. The van der Waals surface area contributed by atoms with Gasteiger partial charge in [-0.15, -0.1) is 22.7 Å². The highest BCUT2D eigenvalue weighted by Crippen LogP contribution is 2.38. The molecule has 0 saturated carbocycles. The summed E-state index contributed by atoms with van der Waals surface area (Å²) < 4.78 is 30.8. The molecule has 6 nitrogen and oxygen atoms in total. The number of anilines is 2. The Balaban J connectivity index is 2.04. The maximum Gasteiger partial charge on any atom is 0.341 e. The van der Waals surface area contributed by atoms with Crippen LogP contribution >= 0.6 is 22.7 Å². The number of pyridine rings is 1. The van der Waals surface area contributed by atoms with Crippen LogP contribution < -0.4 is 11.1 Å². The standard InChI is InChI=1S/C18H17F2N3O3S2/c1-6-5-9(14(19)20)22-16-10(6)12(21)13(28-16)15(24)23-17-11(18(25)26-4)7(2)8(3)27-17/h5,14H,21H2,1-4H3,(H,23,24). The second kappa shape index (κ2) is 7.44. The maximum absolute atomic E-state index is 13.0. The highest BCUT2D eigenvalue weighted by Gasteiger charge is 2.25. The smallest absolute Gasteiger partial charge is 0.341 e. The summed E-state index contributed by atoms with van der Waals surface area (Å²) in [5, 5.41) is 3.52. The minimum absolute atomic E-state index is 0.150. The van der Waals surface area contributed by atoms with Gasteiger partial charge in [-0.3, -0.25) is 4.79 Å². The SMILES string of the molecule is COC(=O)c1c(NC(=O)c2sc3nc(C(F)F)cc(C)c3c2N)sc(C)c1C. The number of fused-ring (bicyclic) bond motifs is 1. The number of esters is 1. The van der Waals surface area contributed by atoms with Gasteiger partial charge in [0.1, 0.15) is 20.4 Å². The molecule has 3 aromatic rings. The van der Waals surface area contributed by atoms with Crippen LogP contribution in [0.5, 0.6) is 0 Å². The Bertz CT molecular complexity index is 1110. The molecule has 1 amide bonds. The molecule has 3 N–H and O–H groups in total. The summed E-state index contributed by atoms with van der Waals surface area (Å²) in [5.41, 5.74) is 7.44. The number of nitrogens with zero attached hydrogens (tertiary/aromatic N) is 1. The van der Waals surface area contributed by atoms with Crippen molar-refractivity contribution in [3.8, 4) is 0 Å². The first-order chi connectivity index (χ1) is 13.1. The molecule has 3 heterocycles. The molecule has 0 unspecified atom stereocenters. The number of alkyl halides is 2. The minimum atomic E-state index is -2.72. The van der Waals surface area contributed by atoms with Gasteiger partial charge in [-0.2, -0.15) is 0 Å². The van der Waals surface area contributed by atoms with Gasteiger partial charge in [-0.25, -0.2) is 18.6 Å². The fraction of sp³-hybridized carbons (Fsp3) is 0.278. The van der Waals surface area contributed by atoms with E-state index in [-0.39, 0.29) is 26.7 Å². The number of thiophene rings is 2. The first-order valence-electron chi connectivity index (χ1n) is 8.13. The van der Waals surface area contributed by atoms with Gasteiger partial charge in [0.05, 0.1) is 18.4 Å². The van der Waals surface area contributed by atoms with Crippen molar-refractivity contribution in [2.75, 3.05) is 18.2 Å². The second-order valence-electron chi connectivity index (χ2n) is 6.12. The van der Waals surface area contributed by atoms with Gasteiger partial charge in [0.15, 0.2) is 0 Å². The normalized spacial score (nSPS) is 11.2. The monoisotopic (exact) mass is 425 g/mol. The summed E-state index contributed by atoms with van der Waals surface area (Å²) in [5.74, 6) is -1.09. The van der Waals surface area contributed by atoms with Crippen LogP contribution in [0.4, 0.5) is 19.5 Å². The average Bonchev–Trinajstić information content (AvgIpc) is 3.11. The number of nitrogen functional groups attached to an aromatic ring is 1. The van der Waals surface area contributed by atoms with E-state index < -0.39 is 18.3 Å². The summed E-state index contributed by atoms with van der Waals surface area (Å²) in [7, 11) is 1.26. The minimum Gasteiger partial charge on any atom is -0.465 e. The zero-order valence-corrected chi connectivity index (χ0v) is 17.1. The third-order valence-corrected chi connectivity index (χ3v) is 6.57. The first kappa shape index (κ1) is 20.2. The van der Waals surface area contributed by atoms with Crippen molar-refractivity contribution in [2.45, 2.75) is 27.2 Å². The highest BCUT2D eigenvalue weighted by molar-refractivity contribution is 7.21. The quantitative estimate of drug-likeness (QED) is 0.583. The largest absolute Gasteiger partial charge is 0.465 e. The Labute approximate surface area is 167 Å². The number of carbonyl (C=O) groups is 2. The van der Waals surface area contributed by atoms with Crippen LogP contribution in [0.2, 0.25) is 0 Å². The van der Waals surface area contributed by atoms with Crippen LogP contribution in [0.1, 0.15) is 48.2 Å². The van der Waals surface area contributed by atoms with Crippen LogP contribution in [-0.4, -0.2) is 24.0 Å². The van der Waals surface area contributed by atoms with E-state index in [9.17, 15) is 18.4 Å². The van der Waals surface area contributed by atoms with Crippen LogP contribution in [0.25, 0.3) is 10.2 Å². The number of hydrogen-bond acceptors (Lipinski definition) is 7. The van der Waals surface area contributed by atoms with Gasteiger partial charge in [-0.1, -0.05) is 0 Å². The van der Waals surface area contributed by atoms with Gasteiger partial charge in [0.25, 0.3) is 12.3 Å². The van der Waals surface area contributed by atoms with Gasteiger partial charge in [0.2, 0.25) is 0 Å². The molecule has 0 spiro atoms. The molecular formula is C18H17F2N3O3S2. The summed E-state index contributed by atoms with van der Waals surface area (Å²) >= 11 is 2.18. The lowest BCUT2D eigenvalue weighted by Crippen LogP contribution is -2.14. The number of aryl methyl sites for hydroxylation is 2. The number of ether oxygens (including phenoxy) is 1. The lowest BCUT2D eigenvalue weighted by molar-refractivity contribution is 0.0601. The lowest BCUT2D eigenvalue weighted by Gasteiger charge is -2.06. The number of halogens is 2. The molecule has 3 rings (SSSR count). The van der Waals surface area contributed by atoms with Crippen molar-refractivity contribution >= 4 is 55.5 Å². The molecule has 0 fully saturated rings. The van der Waals surface area contributed by atoms with Crippen molar-refractivity contribution in [1.82, 2.24) is 4.98 Å². The zero-order chi connectivity index (χ0) is 20.7. The van der Waals surface area contributed by atoms with Crippen LogP contribution in [0.15, 0.2) is 6.07 Å². The zero-order valence-electron chi connectivity index (χ0n) is 15.5. The summed E-state index contributed by atoms with van der Waals surface area (Å²) in [6.45, 7) is 5.23. The number of hydrogen-bond donors (Lipinski definition) is 2.